The lowest BCUT2D eigenvalue weighted by Crippen LogP contribution is -2.52. The number of benzene rings is 1. The Bertz CT molecular complexity index is 1350. The first-order valence-electron chi connectivity index (χ1n) is 12.5. The van der Waals surface area contributed by atoms with E-state index in [4.69, 9.17) is 9.72 Å². The molecular formula is C25H34N6O4S. The monoisotopic (exact) mass is 514 g/mol. The maximum absolute atomic E-state index is 13.7. The van der Waals surface area contributed by atoms with Crippen LogP contribution in [0.1, 0.15) is 46.6 Å². The third-order valence-electron chi connectivity index (χ3n) is 7.30. The largest absolute Gasteiger partial charge is 0.491 e. The second-order valence-corrected chi connectivity index (χ2v) is 12.7. The Morgan fingerprint density at radius 1 is 1.17 bits per heavy atom. The quantitative estimate of drug-likeness (QED) is 0.534. The number of rotatable bonds is 6. The summed E-state index contributed by atoms with van der Waals surface area (Å²) in [6.45, 7) is 10.4. The highest BCUT2D eigenvalue weighted by Crippen LogP contribution is 2.37. The molecule has 4 heterocycles. The molecule has 0 amide bonds. The smallest absolute Gasteiger partial charge is 0.181 e. The molecule has 0 aliphatic carbocycles. The number of fused-ring (bicyclic) bond motifs is 3. The van der Waals surface area contributed by atoms with E-state index in [0.717, 1.165) is 0 Å². The van der Waals surface area contributed by atoms with Gasteiger partial charge in [0.2, 0.25) is 0 Å². The van der Waals surface area contributed by atoms with Gasteiger partial charge in [0.05, 0.1) is 28.9 Å². The van der Waals surface area contributed by atoms with Gasteiger partial charge in [0.25, 0.3) is 0 Å². The van der Waals surface area contributed by atoms with Crippen LogP contribution in [0.2, 0.25) is 0 Å². The minimum atomic E-state index is -3.55. The Morgan fingerprint density at radius 3 is 2.61 bits per heavy atom. The van der Waals surface area contributed by atoms with Gasteiger partial charge in [0, 0.05) is 30.9 Å². The standard InChI is InChI=1S/C25H34N6O4S/c1-17(2)31-24(26-16-27-31)21-14-29-11-12-35-22-6-5-19(13-20(22)23(29)28-21)36(33,34)18-7-9-30(10-8-18)25(3,4)15-32/h5-6,13-14,16-18,32H,7-12,15H2,1-4H3. The fraction of sp³-hybridized carbons (Fsp3) is 0.560. The third-order valence-corrected chi connectivity index (χ3v) is 9.56. The SMILES string of the molecule is CC(C)n1ncnc1-c1cn2c(n1)-c1cc(S(=O)(=O)C3CCN(C(C)(C)CO)CC3)ccc1OCC2. The molecule has 0 bridgehead atoms. The van der Waals surface area contributed by atoms with Crippen molar-refractivity contribution in [1.82, 2.24) is 29.2 Å². The molecule has 0 unspecified atom stereocenters. The molecule has 3 aromatic rings. The van der Waals surface area contributed by atoms with Crippen molar-refractivity contribution < 1.29 is 18.3 Å². The van der Waals surface area contributed by atoms with Crippen LogP contribution < -0.4 is 4.74 Å². The van der Waals surface area contributed by atoms with Crippen LogP contribution in [0, 0.1) is 0 Å². The van der Waals surface area contributed by atoms with Crippen molar-refractivity contribution in [2.75, 3.05) is 26.3 Å². The van der Waals surface area contributed by atoms with Crippen LogP contribution in [0.5, 0.6) is 5.75 Å². The number of nitrogens with zero attached hydrogens (tertiary/aromatic N) is 6. The van der Waals surface area contributed by atoms with Gasteiger partial charge in [-0.05, 0) is 58.7 Å². The summed E-state index contributed by atoms with van der Waals surface area (Å²) in [7, 11) is -3.55. The summed E-state index contributed by atoms with van der Waals surface area (Å²) in [6.07, 6.45) is 4.51. The average Bonchev–Trinajstić information content (AvgIpc) is 3.48. The fourth-order valence-electron chi connectivity index (χ4n) is 5.02. The van der Waals surface area contributed by atoms with Crippen molar-refractivity contribution in [2.45, 2.75) is 68.8 Å². The molecule has 11 heteroatoms. The highest BCUT2D eigenvalue weighted by molar-refractivity contribution is 7.92. The number of hydrogen-bond donors (Lipinski definition) is 1. The maximum Gasteiger partial charge on any atom is 0.181 e. The Kier molecular flexibility index (Phi) is 6.42. The van der Waals surface area contributed by atoms with E-state index in [1.54, 1.807) is 18.2 Å². The van der Waals surface area contributed by atoms with E-state index in [-0.39, 0.29) is 23.1 Å². The number of aromatic nitrogens is 5. The van der Waals surface area contributed by atoms with E-state index in [0.29, 0.717) is 67.7 Å². The number of aliphatic hydroxyl groups excluding tert-OH is 1. The van der Waals surface area contributed by atoms with E-state index in [2.05, 4.69) is 15.0 Å². The van der Waals surface area contributed by atoms with Gasteiger partial charge >= 0.3 is 0 Å². The van der Waals surface area contributed by atoms with Crippen LogP contribution in [-0.4, -0.2) is 79.8 Å². The van der Waals surface area contributed by atoms with Gasteiger partial charge < -0.3 is 14.4 Å². The van der Waals surface area contributed by atoms with Gasteiger partial charge in [-0.25, -0.2) is 23.1 Å². The minimum absolute atomic E-state index is 0.0390. The predicted molar refractivity (Wildman–Crippen MR) is 136 cm³/mol. The molecule has 1 saturated heterocycles. The molecule has 0 saturated carbocycles. The number of sulfone groups is 1. The zero-order chi connectivity index (χ0) is 25.7. The minimum Gasteiger partial charge on any atom is -0.491 e. The van der Waals surface area contributed by atoms with Crippen molar-refractivity contribution in [3.05, 3.63) is 30.7 Å². The van der Waals surface area contributed by atoms with Crippen molar-refractivity contribution in [2.24, 2.45) is 0 Å². The Labute approximate surface area is 211 Å². The third kappa shape index (κ3) is 4.33. The molecule has 194 valence electrons. The summed E-state index contributed by atoms with van der Waals surface area (Å²) in [6, 6.07) is 5.22. The molecule has 2 aliphatic rings. The molecule has 1 fully saturated rings. The second-order valence-electron chi connectivity index (χ2n) is 10.5. The molecule has 0 radical (unpaired) electrons. The van der Waals surface area contributed by atoms with E-state index < -0.39 is 15.1 Å². The molecule has 10 nitrogen and oxygen atoms in total. The van der Waals surface area contributed by atoms with Crippen molar-refractivity contribution in [3.63, 3.8) is 0 Å². The van der Waals surface area contributed by atoms with Gasteiger partial charge in [-0.1, -0.05) is 0 Å². The number of hydrogen-bond acceptors (Lipinski definition) is 8. The lowest BCUT2D eigenvalue weighted by molar-refractivity contribution is 0.0431. The van der Waals surface area contributed by atoms with Gasteiger partial charge in [0.15, 0.2) is 15.7 Å². The molecule has 1 aromatic carbocycles. The summed E-state index contributed by atoms with van der Waals surface area (Å²) in [4.78, 5) is 11.7. The van der Waals surface area contributed by atoms with Gasteiger partial charge in [-0.3, -0.25) is 4.90 Å². The topological polar surface area (TPSA) is 115 Å². The second kappa shape index (κ2) is 9.28. The Morgan fingerprint density at radius 2 is 1.92 bits per heavy atom. The van der Waals surface area contributed by atoms with Crippen LogP contribution >= 0.6 is 0 Å². The van der Waals surface area contributed by atoms with Crippen molar-refractivity contribution in [3.8, 4) is 28.7 Å². The summed E-state index contributed by atoms with van der Waals surface area (Å²) in [5.74, 6) is 1.96. The zero-order valence-corrected chi connectivity index (χ0v) is 22.1. The van der Waals surface area contributed by atoms with Crippen LogP contribution in [0.4, 0.5) is 0 Å². The van der Waals surface area contributed by atoms with Crippen LogP contribution in [0.15, 0.2) is 35.6 Å². The summed E-state index contributed by atoms with van der Waals surface area (Å²) >= 11 is 0. The first-order valence-corrected chi connectivity index (χ1v) is 14.0. The zero-order valence-electron chi connectivity index (χ0n) is 21.3. The van der Waals surface area contributed by atoms with Crippen LogP contribution in [-0.2, 0) is 16.4 Å². The number of ether oxygens (including phenoxy) is 1. The van der Waals surface area contributed by atoms with Gasteiger partial charge in [-0.2, -0.15) is 5.10 Å². The Hall–Kier alpha value is -2.76. The van der Waals surface area contributed by atoms with Crippen LogP contribution in [0.25, 0.3) is 22.9 Å². The summed E-state index contributed by atoms with van der Waals surface area (Å²) in [5.41, 5.74) is 0.996. The number of likely N-dealkylation sites (tertiary alicyclic amines) is 1. The van der Waals surface area contributed by atoms with E-state index in [1.807, 2.05) is 43.1 Å². The first kappa shape index (κ1) is 24.9. The van der Waals surface area contributed by atoms with Crippen LogP contribution in [0.3, 0.4) is 0 Å². The molecule has 36 heavy (non-hydrogen) atoms. The Balaban J connectivity index is 1.47. The lowest BCUT2D eigenvalue weighted by atomic mass is 9.99. The predicted octanol–water partition coefficient (Wildman–Crippen LogP) is 2.79. The molecule has 0 spiro atoms. The highest BCUT2D eigenvalue weighted by Gasteiger charge is 2.36. The summed E-state index contributed by atoms with van der Waals surface area (Å²) in [5, 5.41) is 13.5. The molecule has 2 aromatic heterocycles. The number of imidazole rings is 1. The lowest BCUT2D eigenvalue weighted by Gasteiger charge is -2.41. The van der Waals surface area contributed by atoms with Gasteiger partial charge in [-0.15, -0.1) is 0 Å². The van der Waals surface area contributed by atoms with E-state index in [9.17, 15) is 13.5 Å². The molecule has 0 atom stereocenters. The number of piperidine rings is 1. The van der Waals surface area contributed by atoms with Crippen molar-refractivity contribution in [1.29, 1.82) is 0 Å². The average molecular weight is 515 g/mol. The summed E-state index contributed by atoms with van der Waals surface area (Å²) < 4.78 is 37.1. The molecule has 1 N–H and O–H groups in total. The van der Waals surface area contributed by atoms with E-state index in [1.165, 1.54) is 6.33 Å². The molecular weight excluding hydrogens is 480 g/mol. The van der Waals surface area contributed by atoms with Crippen molar-refractivity contribution >= 4 is 9.84 Å². The number of aliphatic hydroxyl groups is 1. The molecule has 2 aliphatic heterocycles. The first-order chi connectivity index (χ1) is 17.1. The van der Waals surface area contributed by atoms with Gasteiger partial charge in [0.1, 0.15) is 30.2 Å². The fourth-order valence-corrected chi connectivity index (χ4v) is 6.78. The van der Waals surface area contributed by atoms with E-state index >= 15 is 0 Å². The molecule has 5 rings (SSSR count). The maximum atomic E-state index is 13.7. The normalized spacial score (nSPS) is 17.5. The highest BCUT2D eigenvalue weighted by atomic mass is 32.2.